The Morgan fingerprint density at radius 3 is 2.30 bits per heavy atom. The maximum atomic E-state index is 12.8. The van der Waals surface area contributed by atoms with Gasteiger partial charge in [0.25, 0.3) is 0 Å². The van der Waals surface area contributed by atoms with Crippen LogP contribution in [0.3, 0.4) is 0 Å². The van der Waals surface area contributed by atoms with Crippen molar-refractivity contribution in [3.8, 4) is 5.75 Å². The number of aryl methyl sites for hydroxylation is 2. The minimum atomic E-state index is -3.96. The molecule has 0 bridgehead atoms. The Kier molecular flexibility index (Phi) is 4.78. The summed E-state index contributed by atoms with van der Waals surface area (Å²) in [4.78, 5) is 0.0407. The van der Waals surface area contributed by atoms with E-state index in [0.29, 0.717) is 11.3 Å². The summed E-state index contributed by atoms with van der Waals surface area (Å²) in [5, 5.41) is 9.91. The second-order valence-corrected chi connectivity index (χ2v) is 9.94. The standard InChI is InChI=1S/C14H21NO6S2/c1-9-5-10(2)14(6-13(9)21-4)23(19,20)15(3)11-7-22(17,18)8-12(11)16/h5-6,11-12,16H,7-8H2,1-4H3/t11-,12-/m1/s1. The van der Waals surface area contributed by atoms with E-state index in [2.05, 4.69) is 0 Å². The quantitative estimate of drug-likeness (QED) is 0.814. The van der Waals surface area contributed by atoms with Gasteiger partial charge in [-0.3, -0.25) is 0 Å². The molecular weight excluding hydrogens is 342 g/mol. The fraction of sp³-hybridized carbons (Fsp3) is 0.571. The van der Waals surface area contributed by atoms with E-state index >= 15 is 0 Å². The third-order valence-corrected chi connectivity index (χ3v) is 7.83. The second kappa shape index (κ2) is 6.04. The highest BCUT2D eigenvalue weighted by molar-refractivity contribution is 7.92. The van der Waals surface area contributed by atoms with Crippen LogP contribution < -0.4 is 4.74 Å². The third-order valence-electron chi connectivity index (χ3n) is 4.11. The highest BCUT2D eigenvalue weighted by Crippen LogP contribution is 2.30. The zero-order chi connectivity index (χ0) is 17.6. The molecule has 1 aliphatic rings. The van der Waals surface area contributed by atoms with Crippen LogP contribution in [0.2, 0.25) is 0 Å². The van der Waals surface area contributed by atoms with Crippen molar-refractivity contribution in [1.29, 1.82) is 0 Å². The summed E-state index contributed by atoms with van der Waals surface area (Å²) >= 11 is 0. The summed E-state index contributed by atoms with van der Waals surface area (Å²) < 4.78 is 55.1. The number of likely N-dealkylation sites (N-methyl/N-ethyl adjacent to an activating group) is 1. The molecule has 1 aliphatic heterocycles. The monoisotopic (exact) mass is 363 g/mol. The van der Waals surface area contributed by atoms with Crippen molar-refractivity contribution >= 4 is 19.9 Å². The van der Waals surface area contributed by atoms with Gasteiger partial charge in [-0.2, -0.15) is 4.31 Å². The fourth-order valence-corrected chi connectivity index (χ4v) is 6.35. The van der Waals surface area contributed by atoms with Crippen LogP contribution in [0.25, 0.3) is 0 Å². The maximum absolute atomic E-state index is 12.8. The summed E-state index contributed by atoms with van der Waals surface area (Å²) in [6.45, 7) is 3.47. The largest absolute Gasteiger partial charge is 0.496 e. The molecule has 23 heavy (non-hydrogen) atoms. The number of hydrogen-bond acceptors (Lipinski definition) is 6. The van der Waals surface area contributed by atoms with Gasteiger partial charge in [-0.15, -0.1) is 0 Å². The number of hydrogen-bond donors (Lipinski definition) is 1. The first-order chi connectivity index (χ1) is 10.5. The lowest BCUT2D eigenvalue weighted by atomic mass is 10.1. The van der Waals surface area contributed by atoms with Crippen molar-refractivity contribution in [2.24, 2.45) is 0 Å². The summed E-state index contributed by atoms with van der Waals surface area (Å²) in [7, 11) is -4.66. The van der Waals surface area contributed by atoms with Crippen LogP contribution in [0.4, 0.5) is 0 Å². The van der Waals surface area contributed by atoms with Crippen LogP contribution in [0.1, 0.15) is 11.1 Å². The van der Waals surface area contributed by atoms with Crippen LogP contribution in [0, 0.1) is 13.8 Å². The van der Waals surface area contributed by atoms with E-state index in [1.54, 1.807) is 19.9 Å². The van der Waals surface area contributed by atoms with E-state index in [4.69, 9.17) is 4.74 Å². The number of benzene rings is 1. The first-order valence-corrected chi connectivity index (χ1v) is 10.3. The number of sulfonamides is 1. The van der Waals surface area contributed by atoms with E-state index < -0.39 is 37.8 Å². The van der Waals surface area contributed by atoms with Crippen LogP contribution in [0.5, 0.6) is 5.75 Å². The fourth-order valence-electron chi connectivity index (χ4n) is 2.80. The SMILES string of the molecule is COc1cc(S(=O)(=O)N(C)[C@@H]2CS(=O)(=O)C[C@H]2O)c(C)cc1C. The third kappa shape index (κ3) is 3.37. The zero-order valence-electron chi connectivity index (χ0n) is 13.5. The van der Waals surface area contributed by atoms with Crippen molar-refractivity contribution < 1.29 is 26.7 Å². The predicted octanol–water partition coefficient (Wildman–Crippen LogP) is 0.0904. The normalized spacial score (nSPS) is 24.1. The number of ether oxygens (including phenoxy) is 1. The smallest absolute Gasteiger partial charge is 0.243 e. The van der Waals surface area contributed by atoms with Crippen molar-refractivity contribution in [2.45, 2.75) is 30.9 Å². The Labute approximate surface area is 136 Å². The number of aliphatic hydroxyl groups excluding tert-OH is 1. The van der Waals surface area contributed by atoms with Gasteiger partial charge in [0.05, 0.1) is 35.7 Å². The molecule has 9 heteroatoms. The minimum absolute atomic E-state index is 0.0407. The number of methoxy groups -OCH3 is 1. The first-order valence-electron chi connectivity index (χ1n) is 7.01. The Bertz CT molecular complexity index is 816. The molecule has 0 unspecified atom stereocenters. The molecule has 2 rings (SSSR count). The average Bonchev–Trinajstić information content (AvgIpc) is 2.70. The molecule has 1 saturated heterocycles. The predicted molar refractivity (Wildman–Crippen MR) is 85.9 cm³/mol. The van der Waals surface area contributed by atoms with Gasteiger partial charge in [0.1, 0.15) is 5.75 Å². The van der Waals surface area contributed by atoms with Crippen molar-refractivity contribution in [1.82, 2.24) is 4.31 Å². The van der Waals surface area contributed by atoms with Gasteiger partial charge >= 0.3 is 0 Å². The summed E-state index contributed by atoms with van der Waals surface area (Å²) in [5.41, 5.74) is 1.33. The van der Waals surface area contributed by atoms with E-state index in [1.807, 2.05) is 0 Å². The zero-order valence-corrected chi connectivity index (χ0v) is 15.1. The number of sulfone groups is 1. The lowest BCUT2D eigenvalue weighted by molar-refractivity contribution is 0.137. The molecule has 1 heterocycles. The molecular formula is C14H21NO6S2. The number of rotatable bonds is 4. The molecule has 1 N–H and O–H groups in total. The highest BCUT2D eigenvalue weighted by Gasteiger charge is 2.43. The average molecular weight is 363 g/mol. The van der Waals surface area contributed by atoms with Gasteiger partial charge in [-0.05, 0) is 25.0 Å². The molecule has 0 spiro atoms. The van der Waals surface area contributed by atoms with Crippen molar-refractivity contribution in [3.63, 3.8) is 0 Å². The molecule has 1 fully saturated rings. The Hall–Kier alpha value is -1.16. The van der Waals surface area contributed by atoms with E-state index in [9.17, 15) is 21.9 Å². The highest BCUT2D eigenvalue weighted by atomic mass is 32.2. The van der Waals surface area contributed by atoms with Gasteiger partial charge in [0.2, 0.25) is 10.0 Å². The molecule has 1 aromatic carbocycles. The van der Waals surface area contributed by atoms with Crippen molar-refractivity contribution in [2.75, 3.05) is 25.7 Å². The topological polar surface area (TPSA) is 101 Å². The molecule has 130 valence electrons. The minimum Gasteiger partial charge on any atom is -0.496 e. The summed E-state index contributed by atoms with van der Waals surface area (Å²) in [6, 6.07) is 2.13. The molecule has 2 atom stereocenters. The van der Waals surface area contributed by atoms with Gasteiger partial charge in [0, 0.05) is 13.1 Å². The van der Waals surface area contributed by atoms with Crippen LogP contribution in [0.15, 0.2) is 17.0 Å². The molecule has 1 aromatic rings. The summed E-state index contributed by atoms with van der Waals surface area (Å²) in [6.07, 6.45) is -1.23. The maximum Gasteiger partial charge on any atom is 0.243 e. The lowest BCUT2D eigenvalue weighted by Gasteiger charge is -2.26. The number of aliphatic hydroxyl groups is 1. The summed E-state index contributed by atoms with van der Waals surface area (Å²) in [5.74, 6) is -0.373. The van der Waals surface area contributed by atoms with Crippen molar-refractivity contribution in [3.05, 3.63) is 23.3 Å². The Balaban J connectivity index is 2.46. The van der Waals surface area contributed by atoms with E-state index in [-0.39, 0.29) is 10.6 Å². The van der Waals surface area contributed by atoms with E-state index in [0.717, 1.165) is 9.87 Å². The van der Waals surface area contributed by atoms with Gasteiger partial charge in [-0.1, -0.05) is 6.07 Å². The second-order valence-electron chi connectivity index (χ2n) is 5.82. The molecule has 7 nitrogen and oxygen atoms in total. The number of nitrogens with zero attached hydrogens (tertiary/aromatic N) is 1. The van der Waals surface area contributed by atoms with Crippen LogP contribution in [-0.4, -0.2) is 64.1 Å². The van der Waals surface area contributed by atoms with Crippen LogP contribution in [-0.2, 0) is 19.9 Å². The molecule has 0 amide bonds. The molecule has 0 saturated carbocycles. The van der Waals surface area contributed by atoms with Gasteiger partial charge < -0.3 is 9.84 Å². The molecule has 0 aromatic heterocycles. The van der Waals surface area contributed by atoms with Gasteiger partial charge in [-0.25, -0.2) is 16.8 Å². The van der Waals surface area contributed by atoms with Gasteiger partial charge in [0.15, 0.2) is 9.84 Å². The first kappa shape index (κ1) is 18.2. The molecule has 0 radical (unpaired) electrons. The van der Waals surface area contributed by atoms with E-state index in [1.165, 1.54) is 20.2 Å². The molecule has 0 aliphatic carbocycles. The van der Waals surface area contributed by atoms with Crippen LogP contribution >= 0.6 is 0 Å². The Morgan fingerprint density at radius 1 is 1.22 bits per heavy atom. The Morgan fingerprint density at radius 2 is 1.83 bits per heavy atom. The lowest BCUT2D eigenvalue weighted by Crippen LogP contribution is -2.44.